The molecule has 34 heavy (non-hydrogen) atoms. The Balaban J connectivity index is 1.68. The first-order valence-electron chi connectivity index (χ1n) is 10.1. The predicted octanol–water partition coefficient (Wildman–Crippen LogP) is 4.20. The molecule has 3 aromatic carbocycles. The fourth-order valence-corrected chi connectivity index (χ4v) is 2.84. The smallest absolute Gasteiger partial charge is 0.330 e. The van der Waals surface area contributed by atoms with Gasteiger partial charge in [-0.15, -0.1) is 5.11 Å². The Morgan fingerprint density at radius 2 is 1.62 bits per heavy atom. The summed E-state index contributed by atoms with van der Waals surface area (Å²) in [7, 11) is 0. The van der Waals surface area contributed by atoms with Gasteiger partial charge >= 0.3 is 5.97 Å². The summed E-state index contributed by atoms with van der Waals surface area (Å²) in [6.45, 7) is 3.44. The van der Waals surface area contributed by atoms with Gasteiger partial charge in [0.25, 0.3) is 5.91 Å². The number of benzene rings is 3. The van der Waals surface area contributed by atoms with Crippen LogP contribution in [-0.4, -0.2) is 41.0 Å². The molecule has 0 fully saturated rings. The lowest BCUT2D eigenvalue weighted by Gasteiger charge is -2.07. The minimum absolute atomic E-state index is 0.00651. The van der Waals surface area contributed by atoms with Crippen LogP contribution in [0.2, 0.25) is 0 Å². The van der Waals surface area contributed by atoms with E-state index >= 15 is 0 Å². The van der Waals surface area contributed by atoms with Gasteiger partial charge in [0.15, 0.2) is 5.78 Å². The molecule has 172 valence electrons. The fourth-order valence-electron chi connectivity index (χ4n) is 2.84. The minimum Gasteiger partial charge on any atom is -0.507 e. The molecule has 0 aliphatic rings. The molecule has 0 bridgehead atoms. The number of carbonyl (C=O) groups excluding carboxylic acids is 3. The zero-order valence-corrected chi connectivity index (χ0v) is 18.0. The monoisotopic (exact) mass is 459 g/mol. The standard InChI is InChI=1S/C25H21N3O6/c1-2-23(31)34-13-12-26-25(33)17-8-10-18(11-9-17)27-28-20-14-19(21(29)15-22(20)30)24(32)16-6-4-3-5-7-16/h2-11,14-15,29-30H,1,12-13H2,(H,26,33). The van der Waals surface area contributed by atoms with E-state index in [0.717, 1.165) is 12.1 Å². The summed E-state index contributed by atoms with van der Waals surface area (Å²) in [5, 5.41) is 30.8. The van der Waals surface area contributed by atoms with Crippen LogP contribution < -0.4 is 5.32 Å². The predicted molar refractivity (Wildman–Crippen MR) is 124 cm³/mol. The Bertz CT molecular complexity index is 1240. The molecule has 0 saturated carbocycles. The number of nitrogens with one attached hydrogen (secondary N) is 1. The first kappa shape index (κ1) is 23.9. The van der Waals surface area contributed by atoms with Crippen molar-refractivity contribution in [3.05, 3.63) is 96.1 Å². The van der Waals surface area contributed by atoms with E-state index in [4.69, 9.17) is 4.74 Å². The highest BCUT2D eigenvalue weighted by atomic mass is 16.5. The lowest BCUT2D eigenvalue weighted by Crippen LogP contribution is -2.27. The Labute approximate surface area is 195 Å². The lowest BCUT2D eigenvalue weighted by molar-refractivity contribution is -0.137. The third kappa shape index (κ3) is 6.13. The topological polar surface area (TPSA) is 138 Å². The highest BCUT2D eigenvalue weighted by Crippen LogP contribution is 2.35. The maximum Gasteiger partial charge on any atom is 0.330 e. The molecule has 0 heterocycles. The molecule has 0 aliphatic carbocycles. The maximum atomic E-state index is 12.7. The molecule has 9 heteroatoms. The van der Waals surface area contributed by atoms with Crippen LogP contribution >= 0.6 is 0 Å². The zero-order valence-electron chi connectivity index (χ0n) is 18.0. The Hall–Kier alpha value is -4.79. The summed E-state index contributed by atoms with van der Waals surface area (Å²) in [6, 6.07) is 16.8. The normalized spacial score (nSPS) is 10.6. The third-order valence-electron chi connectivity index (χ3n) is 4.57. The SMILES string of the molecule is C=CC(=O)OCCNC(=O)c1ccc(N=Nc2cc(C(=O)c3ccccc3)c(O)cc2O)cc1. The van der Waals surface area contributed by atoms with Gasteiger partial charge in [0.2, 0.25) is 0 Å². The number of ketones is 1. The number of rotatable bonds is 9. The third-order valence-corrected chi connectivity index (χ3v) is 4.57. The van der Waals surface area contributed by atoms with Gasteiger partial charge in [0, 0.05) is 23.3 Å². The molecule has 0 aromatic heterocycles. The van der Waals surface area contributed by atoms with Gasteiger partial charge < -0.3 is 20.3 Å². The quantitative estimate of drug-likeness (QED) is 0.144. The maximum absolute atomic E-state index is 12.7. The second kappa shape index (κ2) is 11.2. The van der Waals surface area contributed by atoms with Crippen LogP contribution in [0.4, 0.5) is 11.4 Å². The lowest BCUT2D eigenvalue weighted by atomic mass is 10.0. The van der Waals surface area contributed by atoms with Crippen molar-refractivity contribution in [2.75, 3.05) is 13.2 Å². The van der Waals surface area contributed by atoms with Crippen molar-refractivity contribution in [3.63, 3.8) is 0 Å². The number of hydrogen-bond donors (Lipinski definition) is 3. The zero-order chi connectivity index (χ0) is 24.5. The summed E-state index contributed by atoms with van der Waals surface area (Å²) in [5.41, 5.74) is 1.09. The van der Waals surface area contributed by atoms with Crippen molar-refractivity contribution in [1.29, 1.82) is 0 Å². The van der Waals surface area contributed by atoms with Gasteiger partial charge in [-0.3, -0.25) is 9.59 Å². The molecule has 0 aliphatic heterocycles. The largest absolute Gasteiger partial charge is 0.507 e. The second-order valence-electron chi connectivity index (χ2n) is 6.93. The van der Waals surface area contributed by atoms with Crippen LogP contribution in [0, 0.1) is 0 Å². The molecule has 3 aromatic rings. The second-order valence-corrected chi connectivity index (χ2v) is 6.93. The van der Waals surface area contributed by atoms with Gasteiger partial charge in [0.05, 0.1) is 17.8 Å². The number of nitrogens with zero attached hydrogens (tertiary/aromatic N) is 2. The van der Waals surface area contributed by atoms with Crippen LogP contribution in [0.1, 0.15) is 26.3 Å². The molecule has 3 rings (SSSR count). The average molecular weight is 459 g/mol. The number of aromatic hydroxyl groups is 2. The highest BCUT2D eigenvalue weighted by Gasteiger charge is 2.17. The Morgan fingerprint density at radius 1 is 0.912 bits per heavy atom. The fraction of sp³-hybridized carbons (Fsp3) is 0.0800. The van der Waals surface area contributed by atoms with Crippen LogP contribution in [0.15, 0.2) is 89.6 Å². The molecular formula is C25H21N3O6. The van der Waals surface area contributed by atoms with Crippen molar-refractivity contribution in [1.82, 2.24) is 5.32 Å². The highest BCUT2D eigenvalue weighted by molar-refractivity contribution is 6.11. The summed E-state index contributed by atoms with van der Waals surface area (Å²) in [6.07, 6.45) is 1.04. The number of hydrogen-bond acceptors (Lipinski definition) is 8. The number of phenols is 2. The number of phenolic OH excluding ortho intramolecular Hbond substituents is 2. The number of esters is 1. The summed E-state index contributed by atoms with van der Waals surface area (Å²) < 4.78 is 4.78. The molecule has 0 spiro atoms. The van der Waals surface area contributed by atoms with E-state index in [1.54, 1.807) is 42.5 Å². The summed E-state index contributed by atoms with van der Waals surface area (Å²) in [5.74, 6) is -2.08. The summed E-state index contributed by atoms with van der Waals surface area (Å²) >= 11 is 0. The molecule has 0 unspecified atom stereocenters. The van der Waals surface area contributed by atoms with Crippen LogP contribution in [-0.2, 0) is 9.53 Å². The van der Waals surface area contributed by atoms with Crippen molar-refractivity contribution >= 4 is 29.0 Å². The van der Waals surface area contributed by atoms with Gasteiger partial charge in [-0.1, -0.05) is 36.9 Å². The molecule has 0 atom stereocenters. The van der Waals surface area contributed by atoms with E-state index in [1.807, 2.05) is 0 Å². The first-order valence-corrected chi connectivity index (χ1v) is 10.1. The minimum atomic E-state index is -0.569. The van der Waals surface area contributed by atoms with Crippen molar-refractivity contribution in [2.45, 2.75) is 0 Å². The molecular weight excluding hydrogens is 438 g/mol. The number of ether oxygens (including phenoxy) is 1. The van der Waals surface area contributed by atoms with E-state index in [-0.39, 0.29) is 41.8 Å². The van der Waals surface area contributed by atoms with E-state index < -0.39 is 11.8 Å². The number of amides is 1. The van der Waals surface area contributed by atoms with Gasteiger partial charge in [-0.2, -0.15) is 5.11 Å². The van der Waals surface area contributed by atoms with Crippen molar-refractivity contribution in [3.8, 4) is 11.5 Å². The van der Waals surface area contributed by atoms with Crippen LogP contribution in [0.5, 0.6) is 11.5 Å². The van der Waals surface area contributed by atoms with E-state index in [0.29, 0.717) is 16.8 Å². The van der Waals surface area contributed by atoms with Crippen molar-refractivity contribution < 1.29 is 29.3 Å². The van der Waals surface area contributed by atoms with Gasteiger partial charge in [-0.05, 0) is 30.3 Å². The summed E-state index contributed by atoms with van der Waals surface area (Å²) in [4.78, 5) is 35.8. The first-order chi connectivity index (χ1) is 16.4. The average Bonchev–Trinajstić information content (AvgIpc) is 2.86. The van der Waals surface area contributed by atoms with Crippen LogP contribution in [0.3, 0.4) is 0 Å². The Kier molecular flexibility index (Phi) is 7.85. The van der Waals surface area contributed by atoms with Crippen molar-refractivity contribution in [2.24, 2.45) is 10.2 Å². The molecule has 0 saturated heterocycles. The van der Waals surface area contributed by atoms with Gasteiger partial charge in [-0.25, -0.2) is 4.79 Å². The molecule has 1 amide bonds. The Morgan fingerprint density at radius 3 is 2.29 bits per heavy atom. The van der Waals surface area contributed by atoms with E-state index in [9.17, 15) is 24.6 Å². The van der Waals surface area contributed by atoms with Crippen LogP contribution in [0.25, 0.3) is 0 Å². The van der Waals surface area contributed by atoms with Gasteiger partial charge in [0.1, 0.15) is 23.8 Å². The molecule has 0 radical (unpaired) electrons. The molecule has 9 nitrogen and oxygen atoms in total. The number of azo groups is 1. The molecule has 3 N–H and O–H groups in total. The van der Waals surface area contributed by atoms with E-state index in [1.165, 1.54) is 18.2 Å². The van der Waals surface area contributed by atoms with E-state index in [2.05, 4.69) is 22.1 Å². The number of carbonyl (C=O) groups is 3.